The molecule has 0 saturated carbocycles. The van der Waals surface area contributed by atoms with Gasteiger partial charge >= 0.3 is 0 Å². The summed E-state index contributed by atoms with van der Waals surface area (Å²) >= 11 is 5.93. The standard InChI is InChI=1S/C15H19ClN2O6S/c1-2-6-17(12-5-7-25(22,23)10-12)15(19)9-24-14-4-3-11(18(20)21)8-13(14)16/h3-4,8,12H,2,5-7,9-10H2,1H3/t12-/m1/s1. The van der Waals surface area contributed by atoms with Gasteiger partial charge in [0.15, 0.2) is 16.4 Å². The average Bonchev–Trinajstić information content (AvgIpc) is 2.90. The van der Waals surface area contributed by atoms with E-state index in [-0.39, 0.29) is 46.5 Å². The molecule has 0 unspecified atom stereocenters. The molecule has 1 atom stereocenters. The minimum absolute atomic E-state index is 0.0307. The molecule has 1 saturated heterocycles. The van der Waals surface area contributed by atoms with Gasteiger partial charge in [-0.25, -0.2) is 8.42 Å². The van der Waals surface area contributed by atoms with E-state index in [1.165, 1.54) is 17.0 Å². The molecule has 0 spiro atoms. The van der Waals surface area contributed by atoms with Crippen LogP contribution in [0.1, 0.15) is 19.8 Å². The van der Waals surface area contributed by atoms with Crippen LogP contribution in [0.2, 0.25) is 5.02 Å². The van der Waals surface area contributed by atoms with Crippen LogP contribution in [0.25, 0.3) is 0 Å². The van der Waals surface area contributed by atoms with Crippen molar-refractivity contribution in [3.05, 3.63) is 33.3 Å². The Bertz CT molecular complexity index is 767. The molecule has 1 aromatic carbocycles. The molecule has 1 heterocycles. The monoisotopic (exact) mass is 390 g/mol. The smallest absolute Gasteiger partial charge is 0.271 e. The molecule has 0 radical (unpaired) electrons. The van der Waals surface area contributed by atoms with Gasteiger partial charge in [-0.05, 0) is 18.9 Å². The molecule has 0 aliphatic carbocycles. The van der Waals surface area contributed by atoms with E-state index in [0.717, 1.165) is 6.07 Å². The minimum Gasteiger partial charge on any atom is -0.482 e. The summed E-state index contributed by atoms with van der Waals surface area (Å²) in [6.07, 6.45) is 1.12. The number of nitro benzene ring substituents is 1. The summed E-state index contributed by atoms with van der Waals surface area (Å²) in [6, 6.07) is 3.37. The van der Waals surface area contributed by atoms with E-state index in [0.29, 0.717) is 19.4 Å². The number of amides is 1. The number of halogens is 1. The quantitative estimate of drug-likeness (QED) is 0.521. The maximum absolute atomic E-state index is 12.4. The number of hydrogen-bond donors (Lipinski definition) is 0. The van der Waals surface area contributed by atoms with E-state index in [4.69, 9.17) is 16.3 Å². The largest absolute Gasteiger partial charge is 0.482 e. The van der Waals surface area contributed by atoms with Crippen LogP contribution in [0, 0.1) is 10.1 Å². The van der Waals surface area contributed by atoms with Crippen molar-refractivity contribution < 1.29 is 22.9 Å². The molecule has 1 aliphatic heterocycles. The van der Waals surface area contributed by atoms with Gasteiger partial charge in [0.05, 0.1) is 21.5 Å². The maximum Gasteiger partial charge on any atom is 0.271 e. The maximum atomic E-state index is 12.4. The SMILES string of the molecule is CCCN(C(=O)COc1ccc([N+](=O)[O-])cc1Cl)[C@@H]1CCS(=O)(=O)C1. The van der Waals surface area contributed by atoms with Crippen LogP contribution in [0.4, 0.5) is 5.69 Å². The van der Waals surface area contributed by atoms with Crippen molar-refractivity contribution in [1.29, 1.82) is 0 Å². The number of benzene rings is 1. The van der Waals surface area contributed by atoms with Crippen molar-refractivity contribution >= 4 is 33.0 Å². The molecule has 1 fully saturated rings. The first-order valence-corrected chi connectivity index (χ1v) is 10.00. The topological polar surface area (TPSA) is 107 Å². The molecule has 25 heavy (non-hydrogen) atoms. The normalized spacial score (nSPS) is 18.7. The van der Waals surface area contributed by atoms with E-state index in [1.54, 1.807) is 0 Å². The molecular weight excluding hydrogens is 372 g/mol. The van der Waals surface area contributed by atoms with Gasteiger partial charge in [-0.1, -0.05) is 18.5 Å². The Labute approximate surface area is 150 Å². The lowest BCUT2D eigenvalue weighted by Gasteiger charge is -2.27. The molecule has 1 amide bonds. The fraction of sp³-hybridized carbons (Fsp3) is 0.533. The number of carbonyl (C=O) groups is 1. The van der Waals surface area contributed by atoms with Crippen LogP contribution in [-0.2, 0) is 14.6 Å². The van der Waals surface area contributed by atoms with Crippen LogP contribution in [-0.4, -0.2) is 54.8 Å². The van der Waals surface area contributed by atoms with E-state index < -0.39 is 14.8 Å². The second kappa shape index (κ2) is 8.01. The molecule has 0 bridgehead atoms. The summed E-state index contributed by atoms with van der Waals surface area (Å²) in [4.78, 5) is 24.1. The molecule has 0 aromatic heterocycles. The molecule has 1 aromatic rings. The third-order valence-corrected chi connectivity index (χ3v) is 5.96. The minimum atomic E-state index is -3.10. The van der Waals surface area contributed by atoms with Gasteiger partial charge in [-0.2, -0.15) is 0 Å². The lowest BCUT2D eigenvalue weighted by Crippen LogP contribution is -2.44. The predicted molar refractivity (Wildman–Crippen MR) is 92.7 cm³/mol. The molecular formula is C15H19ClN2O6S. The number of nitro groups is 1. The summed E-state index contributed by atoms with van der Waals surface area (Å²) in [5.74, 6) is -0.119. The van der Waals surface area contributed by atoms with Crippen molar-refractivity contribution in [3.8, 4) is 5.75 Å². The Kier molecular flexibility index (Phi) is 6.23. The van der Waals surface area contributed by atoms with Gasteiger partial charge in [-0.15, -0.1) is 0 Å². The number of sulfone groups is 1. The number of nitrogens with zero attached hydrogens (tertiary/aromatic N) is 2. The summed E-state index contributed by atoms with van der Waals surface area (Å²) in [5, 5.41) is 10.7. The van der Waals surface area contributed by atoms with Gasteiger partial charge in [-0.3, -0.25) is 14.9 Å². The highest BCUT2D eigenvalue weighted by Crippen LogP contribution is 2.28. The highest BCUT2D eigenvalue weighted by Gasteiger charge is 2.34. The lowest BCUT2D eigenvalue weighted by atomic mass is 10.2. The Morgan fingerprint density at radius 2 is 2.20 bits per heavy atom. The second-order valence-electron chi connectivity index (χ2n) is 5.80. The highest BCUT2D eigenvalue weighted by atomic mass is 35.5. The Balaban J connectivity index is 2.03. The second-order valence-corrected chi connectivity index (χ2v) is 8.44. The molecule has 2 rings (SSSR count). The van der Waals surface area contributed by atoms with E-state index in [1.807, 2.05) is 6.92 Å². The molecule has 8 nitrogen and oxygen atoms in total. The number of hydrogen-bond acceptors (Lipinski definition) is 6. The third kappa shape index (κ3) is 5.05. The fourth-order valence-corrected chi connectivity index (χ4v) is 4.68. The number of non-ortho nitro benzene ring substituents is 1. The molecule has 1 aliphatic rings. The summed E-state index contributed by atoms with van der Waals surface area (Å²) in [7, 11) is -3.10. The number of carbonyl (C=O) groups excluding carboxylic acids is 1. The van der Waals surface area contributed by atoms with Crippen LogP contribution >= 0.6 is 11.6 Å². The summed E-state index contributed by atoms with van der Waals surface area (Å²) in [5.41, 5.74) is -0.174. The van der Waals surface area contributed by atoms with Gasteiger partial charge in [0.1, 0.15) is 5.75 Å². The Hall–Kier alpha value is -1.87. The van der Waals surface area contributed by atoms with Gasteiger partial charge < -0.3 is 9.64 Å². The first-order valence-electron chi connectivity index (χ1n) is 7.80. The van der Waals surface area contributed by atoms with Crippen LogP contribution < -0.4 is 4.74 Å². The first-order chi connectivity index (χ1) is 11.7. The third-order valence-electron chi connectivity index (χ3n) is 3.91. The van der Waals surface area contributed by atoms with Gasteiger partial charge in [0.2, 0.25) is 0 Å². The van der Waals surface area contributed by atoms with Crippen molar-refractivity contribution in [3.63, 3.8) is 0 Å². The average molecular weight is 391 g/mol. The molecule has 138 valence electrons. The number of ether oxygens (including phenoxy) is 1. The van der Waals surface area contributed by atoms with E-state index in [9.17, 15) is 23.3 Å². The van der Waals surface area contributed by atoms with E-state index in [2.05, 4.69) is 0 Å². The zero-order valence-electron chi connectivity index (χ0n) is 13.7. The van der Waals surface area contributed by atoms with Crippen LogP contribution in [0.5, 0.6) is 5.75 Å². The van der Waals surface area contributed by atoms with E-state index >= 15 is 0 Å². The first kappa shape index (κ1) is 19.5. The van der Waals surface area contributed by atoms with Crippen LogP contribution in [0.15, 0.2) is 18.2 Å². The van der Waals surface area contributed by atoms with Gasteiger partial charge in [0, 0.05) is 24.7 Å². The zero-order valence-corrected chi connectivity index (χ0v) is 15.3. The van der Waals surface area contributed by atoms with Crippen molar-refractivity contribution in [2.75, 3.05) is 24.7 Å². The summed E-state index contributed by atoms with van der Waals surface area (Å²) in [6.45, 7) is 2.03. The van der Waals surface area contributed by atoms with Crippen LogP contribution in [0.3, 0.4) is 0 Å². The lowest BCUT2D eigenvalue weighted by molar-refractivity contribution is -0.384. The zero-order chi connectivity index (χ0) is 18.6. The predicted octanol–water partition coefficient (Wildman–Crippen LogP) is 2.05. The van der Waals surface area contributed by atoms with Crippen molar-refractivity contribution in [2.45, 2.75) is 25.8 Å². The fourth-order valence-electron chi connectivity index (χ4n) is 2.72. The highest BCUT2D eigenvalue weighted by molar-refractivity contribution is 7.91. The molecule has 10 heteroatoms. The summed E-state index contributed by atoms with van der Waals surface area (Å²) < 4.78 is 28.7. The van der Waals surface area contributed by atoms with Gasteiger partial charge in [0.25, 0.3) is 11.6 Å². The Morgan fingerprint density at radius 3 is 2.72 bits per heavy atom. The Morgan fingerprint density at radius 1 is 1.48 bits per heavy atom. The molecule has 0 N–H and O–H groups in total. The number of rotatable bonds is 7. The van der Waals surface area contributed by atoms with Crippen molar-refractivity contribution in [1.82, 2.24) is 4.90 Å². The van der Waals surface area contributed by atoms with Crippen molar-refractivity contribution in [2.24, 2.45) is 0 Å².